The number of para-hydroxylation sites is 1. The van der Waals surface area contributed by atoms with Crippen molar-refractivity contribution in [2.24, 2.45) is 0 Å². The second-order valence-corrected chi connectivity index (χ2v) is 5.31. The lowest BCUT2D eigenvalue weighted by Gasteiger charge is -2.10. The highest BCUT2D eigenvalue weighted by Gasteiger charge is 2.08. The van der Waals surface area contributed by atoms with Crippen LogP contribution in [0.15, 0.2) is 48.5 Å². The van der Waals surface area contributed by atoms with Crippen LogP contribution in [0.3, 0.4) is 0 Å². The van der Waals surface area contributed by atoms with Crippen LogP contribution in [-0.2, 0) is 8.58 Å². The van der Waals surface area contributed by atoms with Gasteiger partial charge in [-0.05, 0) is 30.7 Å². The van der Waals surface area contributed by atoms with Crippen molar-refractivity contribution in [2.45, 2.75) is 13.8 Å². The third-order valence-corrected chi connectivity index (χ3v) is 3.63. The number of hydrogen-bond acceptors (Lipinski definition) is 3. The maximum absolute atomic E-state index is 10.8. The van der Waals surface area contributed by atoms with Crippen LogP contribution in [0, 0.1) is 6.92 Å². The predicted octanol–water partition coefficient (Wildman–Crippen LogP) is 2.59. The minimum Gasteiger partial charge on any atom is -0.618 e. The molecular weight excluding hydrogens is 255 g/mol. The lowest BCUT2D eigenvalue weighted by atomic mass is 10.2. The first-order chi connectivity index (χ1) is 9.15. The van der Waals surface area contributed by atoms with Gasteiger partial charge in [-0.3, -0.25) is 4.79 Å². The quantitative estimate of drug-likeness (QED) is 0.800. The van der Waals surface area contributed by atoms with Crippen molar-refractivity contribution in [2.75, 3.05) is 0 Å². The zero-order valence-electron chi connectivity index (χ0n) is 10.9. The molecule has 0 heterocycles. The van der Waals surface area contributed by atoms with Crippen molar-refractivity contribution < 1.29 is 13.3 Å². The average molecular weight is 269 g/mol. The molecule has 4 heteroatoms. The van der Waals surface area contributed by atoms with Gasteiger partial charge in [0.25, 0.3) is 5.97 Å². The van der Waals surface area contributed by atoms with E-state index in [-0.39, 0.29) is 5.97 Å². The molecule has 2 rings (SSSR count). The summed E-state index contributed by atoms with van der Waals surface area (Å²) in [6.07, 6.45) is 0. The lowest BCUT2D eigenvalue weighted by Crippen LogP contribution is -2.19. The lowest BCUT2D eigenvalue weighted by molar-refractivity contribution is -0.131. The zero-order valence-corrected chi connectivity index (χ0v) is 12.1. The van der Waals surface area contributed by atoms with Gasteiger partial charge in [0, 0.05) is 6.92 Å². The van der Waals surface area contributed by atoms with Crippen molar-refractivity contribution in [1.29, 1.82) is 0 Å². The Kier molecular flexibility index (Phi) is 4.62. The third kappa shape index (κ3) is 4.13. The van der Waals surface area contributed by atoms with E-state index in [4.69, 9.17) is 8.53 Å². The summed E-state index contributed by atoms with van der Waals surface area (Å²) < 4.78 is 11.9. The van der Waals surface area contributed by atoms with Gasteiger partial charge in [-0.2, -0.15) is 0 Å². The Labute approximate surface area is 119 Å². The van der Waals surface area contributed by atoms with E-state index in [1.54, 1.807) is 0 Å². The smallest absolute Gasteiger partial charge is 0.572 e. The SMILES string of the molecule is CC(=O)[O][Al][c]1ccc(C)c(Oc2ccccc2)c1. The van der Waals surface area contributed by atoms with Gasteiger partial charge in [-0.1, -0.05) is 34.8 Å². The molecule has 0 amide bonds. The molecule has 2 aromatic carbocycles. The molecule has 1 radical (unpaired) electrons. The van der Waals surface area contributed by atoms with Crippen molar-refractivity contribution in [1.82, 2.24) is 0 Å². The van der Waals surface area contributed by atoms with Crippen LogP contribution in [0.5, 0.6) is 11.5 Å². The zero-order chi connectivity index (χ0) is 13.7. The number of rotatable bonds is 4. The molecule has 0 unspecified atom stereocenters. The Morgan fingerprint density at radius 2 is 1.84 bits per heavy atom. The van der Waals surface area contributed by atoms with E-state index >= 15 is 0 Å². The summed E-state index contributed by atoms with van der Waals surface area (Å²) in [6, 6.07) is 15.5. The monoisotopic (exact) mass is 269 g/mol. The van der Waals surface area contributed by atoms with E-state index in [0.29, 0.717) is 0 Å². The maximum Gasteiger partial charge on any atom is 0.572 e. The fourth-order valence-electron chi connectivity index (χ4n) is 1.57. The number of benzene rings is 2. The van der Waals surface area contributed by atoms with Crippen molar-refractivity contribution >= 4 is 25.9 Å². The third-order valence-electron chi connectivity index (χ3n) is 2.54. The van der Waals surface area contributed by atoms with Crippen LogP contribution in [0.2, 0.25) is 0 Å². The summed E-state index contributed by atoms with van der Waals surface area (Å²) in [4.78, 5) is 10.8. The van der Waals surface area contributed by atoms with Gasteiger partial charge >= 0.3 is 15.6 Å². The number of ether oxygens (including phenoxy) is 1. The molecule has 95 valence electrons. The minimum absolute atomic E-state index is 0.249. The highest BCUT2D eigenvalue weighted by Crippen LogP contribution is 2.23. The molecule has 19 heavy (non-hydrogen) atoms. The molecule has 0 aliphatic heterocycles. The average Bonchev–Trinajstić information content (AvgIpc) is 2.41. The molecule has 0 fully saturated rings. The first-order valence-corrected chi connectivity index (χ1v) is 7.04. The van der Waals surface area contributed by atoms with Gasteiger partial charge in [-0.25, -0.2) is 0 Å². The Hall–Kier alpha value is -1.76. The highest BCUT2D eigenvalue weighted by molar-refractivity contribution is 6.48. The Bertz CT molecular complexity index is 567. The first kappa shape index (κ1) is 13.7. The van der Waals surface area contributed by atoms with E-state index in [0.717, 1.165) is 21.5 Å². The molecule has 0 aromatic heterocycles. The normalized spacial score (nSPS) is 9.79. The van der Waals surface area contributed by atoms with E-state index < -0.39 is 15.6 Å². The molecule has 0 N–H and O–H groups in total. The second kappa shape index (κ2) is 6.42. The van der Waals surface area contributed by atoms with Crippen LogP contribution in [-0.4, -0.2) is 21.5 Å². The number of carbonyl (C=O) groups excluding carboxylic acids is 1. The number of carbonyl (C=O) groups is 1. The molecule has 0 spiro atoms. The summed E-state index contributed by atoms with van der Waals surface area (Å²) in [5, 5.41) is 0. The Balaban J connectivity index is 2.15. The molecule has 0 bridgehead atoms. The molecule has 0 saturated heterocycles. The van der Waals surface area contributed by atoms with Crippen LogP contribution >= 0.6 is 0 Å². The van der Waals surface area contributed by atoms with Gasteiger partial charge in [0.05, 0.1) is 0 Å². The van der Waals surface area contributed by atoms with Gasteiger partial charge in [0.1, 0.15) is 11.5 Å². The van der Waals surface area contributed by atoms with Crippen molar-refractivity contribution in [3.8, 4) is 11.5 Å². The molecule has 0 atom stereocenters. The Morgan fingerprint density at radius 3 is 2.53 bits per heavy atom. The maximum atomic E-state index is 10.8. The summed E-state index contributed by atoms with van der Waals surface area (Å²) in [7, 11) is 0. The van der Waals surface area contributed by atoms with Crippen molar-refractivity contribution in [3.05, 3.63) is 54.1 Å². The number of hydrogen-bond donors (Lipinski definition) is 0. The standard InChI is InChI=1S/C13H11O.C2H4O2.Al/c1-11-7-5-6-10-13(11)14-12-8-3-2-4-9-12;1-2(3)4;/h2-5,7-10H,1H3;1H3,(H,3,4);/q;;+1/p-1. The number of aryl methyl sites for hydroxylation is 1. The van der Waals surface area contributed by atoms with Crippen LogP contribution < -0.4 is 9.16 Å². The molecule has 0 aliphatic rings. The fourth-order valence-corrected chi connectivity index (χ4v) is 2.26. The Morgan fingerprint density at radius 1 is 1.11 bits per heavy atom. The fraction of sp³-hybridized carbons (Fsp3) is 0.133. The van der Waals surface area contributed by atoms with E-state index in [9.17, 15) is 4.79 Å². The van der Waals surface area contributed by atoms with E-state index in [2.05, 4.69) is 0 Å². The first-order valence-electron chi connectivity index (χ1n) is 5.99. The predicted molar refractivity (Wildman–Crippen MR) is 74.8 cm³/mol. The van der Waals surface area contributed by atoms with E-state index in [1.807, 2.05) is 55.5 Å². The van der Waals surface area contributed by atoms with Gasteiger partial charge in [0.2, 0.25) is 0 Å². The van der Waals surface area contributed by atoms with Crippen molar-refractivity contribution in [3.63, 3.8) is 0 Å². The van der Waals surface area contributed by atoms with Crippen LogP contribution in [0.4, 0.5) is 0 Å². The second-order valence-electron chi connectivity index (χ2n) is 4.17. The largest absolute Gasteiger partial charge is 0.618 e. The van der Waals surface area contributed by atoms with Gasteiger partial charge < -0.3 is 8.53 Å². The topological polar surface area (TPSA) is 35.5 Å². The molecule has 3 nitrogen and oxygen atoms in total. The van der Waals surface area contributed by atoms with Crippen LogP contribution in [0.1, 0.15) is 12.5 Å². The van der Waals surface area contributed by atoms with Crippen LogP contribution in [0.25, 0.3) is 0 Å². The molecule has 2 aromatic rings. The van der Waals surface area contributed by atoms with Gasteiger partial charge in [-0.15, -0.1) is 0 Å². The molecular formula is C15H14AlO3. The summed E-state index contributed by atoms with van der Waals surface area (Å²) in [5.74, 6) is 1.34. The summed E-state index contributed by atoms with van der Waals surface area (Å²) >= 11 is -0.503. The molecule has 0 saturated carbocycles. The minimum atomic E-state index is -0.503. The summed E-state index contributed by atoms with van der Waals surface area (Å²) in [6.45, 7) is 3.41. The highest BCUT2D eigenvalue weighted by atomic mass is 27.1. The molecule has 0 aliphatic carbocycles. The summed E-state index contributed by atoms with van der Waals surface area (Å²) in [5.41, 5.74) is 1.05. The van der Waals surface area contributed by atoms with Gasteiger partial charge in [0.15, 0.2) is 0 Å². The van der Waals surface area contributed by atoms with E-state index in [1.165, 1.54) is 6.92 Å².